The quantitative estimate of drug-likeness (QED) is 0.471. The van der Waals surface area contributed by atoms with E-state index in [-0.39, 0.29) is 42.8 Å². The van der Waals surface area contributed by atoms with Gasteiger partial charge in [-0.25, -0.2) is 0 Å². The molecule has 3 amide bonds. The summed E-state index contributed by atoms with van der Waals surface area (Å²) in [4.78, 5) is 47.2. The molecule has 1 fully saturated rings. The number of aryl methyl sites for hydroxylation is 1. The van der Waals surface area contributed by atoms with Crippen molar-refractivity contribution >= 4 is 24.2 Å². The van der Waals surface area contributed by atoms with Crippen LogP contribution in [0.2, 0.25) is 0 Å². The van der Waals surface area contributed by atoms with Gasteiger partial charge >= 0.3 is 0 Å². The maximum atomic E-state index is 12.7. The lowest BCUT2D eigenvalue weighted by Gasteiger charge is -2.33. The summed E-state index contributed by atoms with van der Waals surface area (Å²) in [5, 5.41) is 15.6. The first kappa shape index (κ1) is 24.3. The van der Waals surface area contributed by atoms with Crippen LogP contribution in [0.25, 0.3) is 0 Å². The third-order valence-corrected chi connectivity index (χ3v) is 5.72. The first-order valence-electron chi connectivity index (χ1n) is 10.6. The fraction of sp³-hybridized carbons (Fsp3) is 0.545. The predicted octanol–water partition coefficient (Wildman–Crippen LogP) is 0.0760. The molecule has 1 aliphatic carbocycles. The van der Waals surface area contributed by atoms with E-state index in [2.05, 4.69) is 28.1 Å². The lowest BCUT2D eigenvalue weighted by atomic mass is 9.88. The van der Waals surface area contributed by atoms with Crippen LogP contribution in [0, 0.1) is 0 Å². The SMILES string of the molecule is CN[C@@H](C)C(=O)NC1CCCN(CC(=O)NC2CCc3ccccc3C2)C1=O.O=CO. The number of rotatable bonds is 6. The maximum absolute atomic E-state index is 12.7. The van der Waals surface area contributed by atoms with E-state index in [1.165, 1.54) is 11.1 Å². The van der Waals surface area contributed by atoms with Crippen molar-refractivity contribution in [3.05, 3.63) is 35.4 Å². The van der Waals surface area contributed by atoms with Gasteiger partial charge in [-0.1, -0.05) is 24.3 Å². The molecule has 0 aromatic heterocycles. The van der Waals surface area contributed by atoms with Crippen molar-refractivity contribution in [1.82, 2.24) is 20.9 Å². The Morgan fingerprint density at radius 2 is 1.90 bits per heavy atom. The highest BCUT2D eigenvalue weighted by Gasteiger charge is 2.32. The summed E-state index contributed by atoms with van der Waals surface area (Å²) >= 11 is 0. The molecule has 3 atom stereocenters. The molecule has 0 radical (unpaired) electrons. The molecule has 1 aromatic carbocycles. The number of piperidine rings is 1. The van der Waals surface area contributed by atoms with Crippen LogP contribution in [-0.4, -0.2) is 72.5 Å². The average molecular weight is 433 g/mol. The molecule has 1 aliphatic heterocycles. The van der Waals surface area contributed by atoms with Crippen LogP contribution in [-0.2, 0) is 32.0 Å². The molecule has 9 nitrogen and oxygen atoms in total. The Morgan fingerprint density at radius 3 is 2.58 bits per heavy atom. The van der Waals surface area contributed by atoms with Gasteiger partial charge in [0.05, 0.1) is 12.6 Å². The van der Waals surface area contributed by atoms with Crippen molar-refractivity contribution in [2.24, 2.45) is 0 Å². The monoisotopic (exact) mass is 432 g/mol. The molecule has 0 bridgehead atoms. The van der Waals surface area contributed by atoms with Crippen molar-refractivity contribution in [1.29, 1.82) is 0 Å². The van der Waals surface area contributed by atoms with Crippen LogP contribution in [0.4, 0.5) is 0 Å². The first-order valence-corrected chi connectivity index (χ1v) is 10.6. The van der Waals surface area contributed by atoms with E-state index in [9.17, 15) is 14.4 Å². The first-order chi connectivity index (χ1) is 14.9. The van der Waals surface area contributed by atoms with Gasteiger partial charge in [-0.2, -0.15) is 0 Å². The minimum Gasteiger partial charge on any atom is -0.483 e. The Kier molecular flexibility index (Phi) is 9.45. The molecule has 1 saturated heterocycles. The van der Waals surface area contributed by atoms with E-state index in [4.69, 9.17) is 9.90 Å². The van der Waals surface area contributed by atoms with Crippen LogP contribution in [0.3, 0.4) is 0 Å². The van der Waals surface area contributed by atoms with Gasteiger partial charge in [0.1, 0.15) is 6.04 Å². The highest BCUT2D eigenvalue weighted by Crippen LogP contribution is 2.21. The fourth-order valence-electron chi connectivity index (χ4n) is 3.93. The van der Waals surface area contributed by atoms with E-state index < -0.39 is 6.04 Å². The topological polar surface area (TPSA) is 128 Å². The van der Waals surface area contributed by atoms with E-state index in [0.717, 1.165) is 25.7 Å². The van der Waals surface area contributed by atoms with Gasteiger partial charge in [0.2, 0.25) is 17.7 Å². The number of amides is 3. The van der Waals surface area contributed by atoms with E-state index in [1.54, 1.807) is 18.9 Å². The number of carboxylic acid groups (broad SMARTS) is 1. The molecule has 9 heteroatoms. The Morgan fingerprint density at radius 1 is 1.23 bits per heavy atom. The zero-order chi connectivity index (χ0) is 22.8. The van der Waals surface area contributed by atoms with Crippen molar-refractivity contribution in [3.8, 4) is 0 Å². The number of carbonyl (C=O) groups is 4. The zero-order valence-corrected chi connectivity index (χ0v) is 18.1. The number of likely N-dealkylation sites (N-methyl/N-ethyl adjacent to an activating group) is 1. The number of likely N-dealkylation sites (tertiary alicyclic amines) is 1. The molecule has 2 aliphatic rings. The molecular formula is C22H32N4O5. The van der Waals surface area contributed by atoms with Crippen LogP contribution >= 0.6 is 0 Å². The molecule has 170 valence electrons. The molecule has 0 spiro atoms. The molecule has 4 N–H and O–H groups in total. The normalized spacial score (nSPS) is 21.1. The van der Waals surface area contributed by atoms with E-state index in [0.29, 0.717) is 13.0 Å². The van der Waals surface area contributed by atoms with Crippen molar-refractivity contribution < 1.29 is 24.3 Å². The number of hydrogen-bond donors (Lipinski definition) is 4. The number of hydrogen-bond acceptors (Lipinski definition) is 5. The summed E-state index contributed by atoms with van der Waals surface area (Å²) in [7, 11) is 1.70. The van der Waals surface area contributed by atoms with Gasteiger partial charge in [-0.3, -0.25) is 19.2 Å². The summed E-state index contributed by atoms with van der Waals surface area (Å²) in [5.74, 6) is -0.506. The van der Waals surface area contributed by atoms with Crippen LogP contribution in [0.1, 0.15) is 37.3 Å². The Hall–Kier alpha value is -2.94. The van der Waals surface area contributed by atoms with E-state index >= 15 is 0 Å². The van der Waals surface area contributed by atoms with E-state index in [1.807, 2.05) is 12.1 Å². The largest absolute Gasteiger partial charge is 0.483 e. The number of carbonyl (C=O) groups excluding carboxylic acids is 3. The van der Waals surface area contributed by atoms with Crippen molar-refractivity contribution in [2.75, 3.05) is 20.1 Å². The second-order valence-electron chi connectivity index (χ2n) is 7.85. The van der Waals surface area contributed by atoms with Gasteiger partial charge in [0.25, 0.3) is 6.47 Å². The summed E-state index contributed by atoms with van der Waals surface area (Å²) in [6.07, 6.45) is 4.09. The lowest BCUT2D eigenvalue weighted by Crippen LogP contribution is -2.57. The zero-order valence-electron chi connectivity index (χ0n) is 18.1. The summed E-state index contributed by atoms with van der Waals surface area (Å²) in [6.45, 7) is 2.09. The molecule has 3 rings (SSSR count). The third-order valence-electron chi connectivity index (χ3n) is 5.72. The molecule has 1 aromatic rings. The second-order valence-corrected chi connectivity index (χ2v) is 7.85. The van der Waals surface area contributed by atoms with Crippen LogP contribution in [0.5, 0.6) is 0 Å². The number of nitrogens with one attached hydrogen (secondary N) is 3. The fourth-order valence-corrected chi connectivity index (χ4v) is 3.93. The number of fused-ring (bicyclic) bond motifs is 1. The van der Waals surface area contributed by atoms with Gasteiger partial charge in [0.15, 0.2) is 0 Å². The molecule has 2 unspecified atom stereocenters. The summed E-state index contributed by atoms with van der Waals surface area (Å²) < 4.78 is 0. The highest BCUT2D eigenvalue weighted by molar-refractivity contribution is 5.92. The Bertz CT molecular complexity index is 785. The Balaban J connectivity index is 0.00000107. The minimum atomic E-state index is -0.550. The Labute approximate surface area is 182 Å². The molecule has 31 heavy (non-hydrogen) atoms. The van der Waals surface area contributed by atoms with Crippen molar-refractivity contribution in [2.45, 2.75) is 57.2 Å². The van der Waals surface area contributed by atoms with Gasteiger partial charge in [-0.05, 0) is 57.2 Å². The summed E-state index contributed by atoms with van der Waals surface area (Å²) in [5.41, 5.74) is 2.64. The minimum absolute atomic E-state index is 0.0466. The lowest BCUT2D eigenvalue weighted by molar-refractivity contribution is -0.142. The van der Waals surface area contributed by atoms with Crippen LogP contribution in [0.15, 0.2) is 24.3 Å². The second kappa shape index (κ2) is 12.0. The van der Waals surface area contributed by atoms with Gasteiger partial charge in [-0.15, -0.1) is 0 Å². The predicted molar refractivity (Wildman–Crippen MR) is 115 cm³/mol. The average Bonchev–Trinajstić information content (AvgIpc) is 2.76. The molecule has 0 saturated carbocycles. The third kappa shape index (κ3) is 7.06. The van der Waals surface area contributed by atoms with Crippen molar-refractivity contribution in [3.63, 3.8) is 0 Å². The summed E-state index contributed by atoms with van der Waals surface area (Å²) in [6, 6.07) is 7.52. The van der Waals surface area contributed by atoms with Gasteiger partial charge < -0.3 is 26.0 Å². The number of nitrogens with zero attached hydrogens (tertiary/aromatic N) is 1. The smallest absolute Gasteiger partial charge is 0.290 e. The molecular weight excluding hydrogens is 400 g/mol. The standard InChI is InChI=1S/C21H30N4O3.CH2O2/c1-14(22-2)20(27)24-18-8-5-11-25(21(18)28)13-19(26)23-17-10-9-15-6-3-4-7-16(15)12-17;2-1-3/h3-4,6-7,14,17-18,22H,5,8-13H2,1-2H3,(H,23,26)(H,24,27);1H,(H,2,3)/t14-,17?,18?;/m0./s1. The highest BCUT2D eigenvalue weighted by atomic mass is 16.3. The maximum Gasteiger partial charge on any atom is 0.290 e. The number of benzene rings is 1. The molecule has 1 heterocycles. The van der Waals surface area contributed by atoms with Crippen LogP contribution < -0.4 is 16.0 Å². The van der Waals surface area contributed by atoms with Gasteiger partial charge in [0, 0.05) is 12.6 Å².